The summed E-state index contributed by atoms with van der Waals surface area (Å²) < 4.78 is 5.71. The number of unbranched alkanes of at least 4 members (excludes halogenated alkanes) is 1. The predicted octanol–water partition coefficient (Wildman–Crippen LogP) is 2.79. The van der Waals surface area contributed by atoms with Crippen LogP contribution in [0.5, 0.6) is 5.75 Å². The Hall–Kier alpha value is -1.55. The second-order valence-electron chi connectivity index (χ2n) is 5.75. The molecule has 1 atom stereocenters. The van der Waals surface area contributed by atoms with Crippen LogP contribution in [0.4, 0.5) is 0 Å². The standard InChI is InChI=1S/C17H28N2O2/c1-4-11-19-17(3,16(18)20)10-5-6-12-21-15-9-7-8-14(2)13-15/h7-9,13,19H,4-6,10-12H2,1-3H3,(H2,18,20). The molecule has 0 aliphatic heterocycles. The summed E-state index contributed by atoms with van der Waals surface area (Å²) in [6, 6.07) is 8.02. The van der Waals surface area contributed by atoms with Gasteiger partial charge in [0.25, 0.3) is 0 Å². The van der Waals surface area contributed by atoms with E-state index in [1.165, 1.54) is 5.56 Å². The highest BCUT2D eigenvalue weighted by atomic mass is 16.5. The summed E-state index contributed by atoms with van der Waals surface area (Å²) in [6.07, 6.45) is 3.53. The van der Waals surface area contributed by atoms with Crippen LogP contribution in [0.15, 0.2) is 24.3 Å². The minimum Gasteiger partial charge on any atom is -0.494 e. The Morgan fingerprint density at radius 2 is 2.14 bits per heavy atom. The summed E-state index contributed by atoms with van der Waals surface area (Å²) in [6.45, 7) is 7.46. The molecule has 0 heterocycles. The average Bonchev–Trinajstić information content (AvgIpc) is 2.44. The normalized spacial score (nSPS) is 13.7. The van der Waals surface area contributed by atoms with Gasteiger partial charge in [-0.25, -0.2) is 0 Å². The fourth-order valence-electron chi connectivity index (χ4n) is 2.18. The highest BCUT2D eigenvalue weighted by Crippen LogP contribution is 2.16. The Kier molecular flexibility index (Phi) is 7.23. The van der Waals surface area contributed by atoms with E-state index in [1.807, 2.05) is 38.1 Å². The molecule has 21 heavy (non-hydrogen) atoms. The van der Waals surface area contributed by atoms with Crippen LogP contribution >= 0.6 is 0 Å². The van der Waals surface area contributed by atoms with Crippen molar-refractivity contribution in [2.75, 3.05) is 13.2 Å². The molecule has 1 unspecified atom stereocenters. The highest BCUT2D eigenvalue weighted by Gasteiger charge is 2.29. The lowest BCUT2D eigenvalue weighted by Crippen LogP contribution is -2.53. The van der Waals surface area contributed by atoms with E-state index in [2.05, 4.69) is 12.2 Å². The zero-order valence-electron chi connectivity index (χ0n) is 13.4. The van der Waals surface area contributed by atoms with Gasteiger partial charge < -0.3 is 15.8 Å². The molecular formula is C17H28N2O2. The third-order valence-corrected chi connectivity index (χ3v) is 3.64. The molecule has 0 bridgehead atoms. The number of nitrogens with one attached hydrogen (secondary N) is 1. The first-order valence-corrected chi connectivity index (χ1v) is 7.72. The number of nitrogens with two attached hydrogens (primary N) is 1. The third kappa shape index (κ3) is 6.17. The maximum atomic E-state index is 11.6. The average molecular weight is 292 g/mol. The first-order chi connectivity index (χ1) is 9.98. The fraction of sp³-hybridized carbons (Fsp3) is 0.588. The molecule has 1 aromatic rings. The van der Waals surface area contributed by atoms with Crippen LogP contribution in [0.1, 0.15) is 45.1 Å². The molecule has 0 saturated carbocycles. The Morgan fingerprint density at radius 3 is 2.76 bits per heavy atom. The topological polar surface area (TPSA) is 64.3 Å². The number of ether oxygens (including phenoxy) is 1. The summed E-state index contributed by atoms with van der Waals surface area (Å²) in [7, 11) is 0. The Morgan fingerprint density at radius 1 is 1.38 bits per heavy atom. The number of benzene rings is 1. The van der Waals surface area contributed by atoms with E-state index in [1.54, 1.807) is 0 Å². The molecule has 1 rings (SSSR count). The molecular weight excluding hydrogens is 264 g/mol. The van der Waals surface area contributed by atoms with Gasteiger partial charge in [0.1, 0.15) is 5.75 Å². The van der Waals surface area contributed by atoms with Crippen molar-refractivity contribution in [2.24, 2.45) is 5.73 Å². The quantitative estimate of drug-likeness (QED) is 0.652. The zero-order valence-corrected chi connectivity index (χ0v) is 13.4. The number of hydrogen-bond acceptors (Lipinski definition) is 3. The molecule has 0 fully saturated rings. The van der Waals surface area contributed by atoms with Crippen molar-refractivity contribution in [3.05, 3.63) is 29.8 Å². The molecule has 0 aromatic heterocycles. The van der Waals surface area contributed by atoms with Crippen molar-refractivity contribution in [1.29, 1.82) is 0 Å². The molecule has 1 aromatic carbocycles. The fourth-order valence-corrected chi connectivity index (χ4v) is 2.18. The van der Waals surface area contributed by atoms with Crippen LogP contribution in [0.25, 0.3) is 0 Å². The van der Waals surface area contributed by atoms with Crippen molar-refractivity contribution in [3.8, 4) is 5.75 Å². The first-order valence-electron chi connectivity index (χ1n) is 7.72. The molecule has 0 aliphatic rings. The van der Waals surface area contributed by atoms with Crippen molar-refractivity contribution >= 4 is 5.91 Å². The van der Waals surface area contributed by atoms with Crippen LogP contribution in [0.3, 0.4) is 0 Å². The summed E-state index contributed by atoms with van der Waals surface area (Å²) >= 11 is 0. The molecule has 118 valence electrons. The van der Waals surface area contributed by atoms with Gasteiger partial charge in [0.2, 0.25) is 5.91 Å². The lowest BCUT2D eigenvalue weighted by atomic mass is 9.94. The molecule has 0 radical (unpaired) electrons. The molecule has 0 spiro atoms. The van der Waals surface area contributed by atoms with Crippen LogP contribution in [-0.4, -0.2) is 24.6 Å². The lowest BCUT2D eigenvalue weighted by Gasteiger charge is -2.27. The van der Waals surface area contributed by atoms with Crippen molar-refractivity contribution in [3.63, 3.8) is 0 Å². The van der Waals surface area contributed by atoms with Gasteiger partial charge in [-0.15, -0.1) is 0 Å². The number of primary amides is 1. The number of carbonyl (C=O) groups is 1. The van der Waals surface area contributed by atoms with Crippen molar-refractivity contribution in [2.45, 2.75) is 52.0 Å². The van der Waals surface area contributed by atoms with E-state index in [9.17, 15) is 4.79 Å². The minimum absolute atomic E-state index is 0.282. The molecule has 3 N–H and O–H groups in total. The van der Waals surface area contributed by atoms with E-state index in [-0.39, 0.29) is 5.91 Å². The van der Waals surface area contributed by atoms with Gasteiger partial charge >= 0.3 is 0 Å². The third-order valence-electron chi connectivity index (χ3n) is 3.64. The second-order valence-corrected chi connectivity index (χ2v) is 5.75. The number of carbonyl (C=O) groups excluding carboxylic acids is 1. The summed E-state index contributed by atoms with van der Waals surface area (Å²) in [5.74, 6) is 0.618. The van der Waals surface area contributed by atoms with Gasteiger partial charge in [0.05, 0.1) is 12.1 Å². The lowest BCUT2D eigenvalue weighted by molar-refractivity contribution is -0.124. The predicted molar refractivity (Wildman–Crippen MR) is 86.4 cm³/mol. The molecule has 1 amide bonds. The summed E-state index contributed by atoms with van der Waals surface area (Å²) in [5.41, 5.74) is 6.08. The summed E-state index contributed by atoms with van der Waals surface area (Å²) in [5, 5.41) is 3.25. The van der Waals surface area contributed by atoms with E-state index < -0.39 is 5.54 Å². The van der Waals surface area contributed by atoms with Crippen molar-refractivity contribution < 1.29 is 9.53 Å². The van der Waals surface area contributed by atoms with Gasteiger partial charge in [-0.3, -0.25) is 4.79 Å². The summed E-state index contributed by atoms with van der Waals surface area (Å²) in [4.78, 5) is 11.6. The van der Waals surface area contributed by atoms with Gasteiger partial charge in [-0.2, -0.15) is 0 Å². The van der Waals surface area contributed by atoms with Crippen LogP contribution in [0, 0.1) is 6.92 Å². The maximum Gasteiger partial charge on any atom is 0.237 e. The Labute approximate surface area is 128 Å². The van der Waals surface area contributed by atoms with E-state index in [0.29, 0.717) is 6.61 Å². The first kappa shape index (κ1) is 17.5. The van der Waals surface area contributed by atoms with E-state index in [4.69, 9.17) is 10.5 Å². The SMILES string of the molecule is CCCNC(C)(CCCCOc1cccc(C)c1)C(N)=O. The van der Waals surface area contributed by atoms with Crippen LogP contribution in [-0.2, 0) is 4.79 Å². The maximum absolute atomic E-state index is 11.6. The number of hydrogen-bond donors (Lipinski definition) is 2. The second kappa shape index (κ2) is 8.67. The number of rotatable bonds is 10. The zero-order chi connectivity index (χ0) is 15.7. The number of aryl methyl sites for hydroxylation is 1. The largest absolute Gasteiger partial charge is 0.494 e. The molecule has 4 nitrogen and oxygen atoms in total. The molecule has 0 saturated heterocycles. The molecule has 4 heteroatoms. The Balaban J connectivity index is 2.30. The van der Waals surface area contributed by atoms with Crippen LogP contribution in [0.2, 0.25) is 0 Å². The monoisotopic (exact) mass is 292 g/mol. The minimum atomic E-state index is -0.612. The van der Waals surface area contributed by atoms with Gasteiger partial charge in [-0.1, -0.05) is 19.1 Å². The highest BCUT2D eigenvalue weighted by molar-refractivity contribution is 5.84. The van der Waals surface area contributed by atoms with Gasteiger partial charge in [-0.05, 0) is 63.8 Å². The Bertz CT molecular complexity index is 448. The van der Waals surface area contributed by atoms with E-state index >= 15 is 0 Å². The van der Waals surface area contributed by atoms with Gasteiger partial charge in [0.15, 0.2) is 0 Å². The molecule has 0 aliphatic carbocycles. The van der Waals surface area contributed by atoms with E-state index in [0.717, 1.165) is 38.0 Å². The van der Waals surface area contributed by atoms with Gasteiger partial charge in [0, 0.05) is 0 Å². The van der Waals surface area contributed by atoms with Crippen LogP contribution < -0.4 is 15.8 Å². The smallest absolute Gasteiger partial charge is 0.237 e. The van der Waals surface area contributed by atoms with Crippen molar-refractivity contribution in [1.82, 2.24) is 5.32 Å². The number of amides is 1.